The molecule has 1 fully saturated rings. The van der Waals surface area contributed by atoms with Crippen molar-refractivity contribution in [2.75, 3.05) is 26.1 Å². The summed E-state index contributed by atoms with van der Waals surface area (Å²) in [5.41, 5.74) is 2.13. The Morgan fingerprint density at radius 2 is 1.93 bits per heavy atom. The number of methoxy groups -OCH3 is 2. The number of hydrogen-bond acceptors (Lipinski definition) is 9. The highest BCUT2D eigenvalue weighted by Crippen LogP contribution is 2.31. The van der Waals surface area contributed by atoms with E-state index < -0.39 is 18.4 Å². The minimum Gasteiger partial charge on any atom is -0.497 e. The van der Waals surface area contributed by atoms with Crippen molar-refractivity contribution in [2.24, 2.45) is 0 Å². The number of anilines is 1. The van der Waals surface area contributed by atoms with E-state index in [-0.39, 0.29) is 6.61 Å². The van der Waals surface area contributed by atoms with Gasteiger partial charge >= 0.3 is 0 Å². The predicted octanol–water partition coefficient (Wildman–Crippen LogP) is 1.10. The molecule has 1 unspecified atom stereocenters. The molecule has 3 aromatic rings. The number of nitrogens with zero attached hydrogens (tertiary/aromatic N) is 4. The van der Waals surface area contributed by atoms with Crippen LogP contribution in [-0.2, 0) is 11.3 Å². The van der Waals surface area contributed by atoms with Crippen molar-refractivity contribution in [2.45, 2.75) is 31.4 Å². The molecule has 0 saturated carbocycles. The third-order valence-electron chi connectivity index (χ3n) is 4.92. The van der Waals surface area contributed by atoms with Crippen molar-refractivity contribution >= 4 is 17.0 Å². The maximum absolute atomic E-state index is 10.00. The average molecular weight is 401 g/mol. The minimum atomic E-state index is -0.732. The molecule has 10 nitrogen and oxygen atoms in total. The van der Waals surface area contributed by atoms with Crippen LogP contribution in [0.1, 0.15) is 18.2 Å². The Kier molecular flexibility index (Phi) is 5.47. The summed E-state index contributed by atoms with van der Waals surface area (Å²) in [6.07, 6.45) is 1.62. The molecule has 29 heavy (non-hydrogen) atoms. The highest BCUT2D eigenvalue weighted by Gasteiger charge is 2.35. The van der Waals surface area contributed by atoms with E-state index in [1.165, 1.54) is 6.33 Å². The molecule has 2 aromatic heterocycles. The lowest BCUT2D eigenvalue weighted by Crippen LogP contribution is -2.24. The smallest absolute Gasteiger partial charge is 0.167 e. The minimum absolute atomic E-state index is 0.240. The van der Waals surface area contributed by atoms with Crippen molar-refractivity contribution in [3.8, 4) is 11.5 Å². The second-order valence-corrected chi connectivity index (χ2v) is 6.74. The van der Waals surface area contributed by atoms with Crippen molar-refractivity contribution in [1.82, 2.24) is 19.5 Å². The van der Waals surface area contributed by atoms with Gasteiger partial charge in [-0.05, 0) is 17.7 Å². The number of fused-ring (bicyclic) bond motifs is 1. The third-order valence-corrected chi connectivity index (χ3v) is 4.92. The van der Waals surface area contributed by atoms with E-state index in [0.29, 0.717) is 41.4 Å². The second-order valence-electron chi connectivity index (χ2n) is 6.74. The summed E-state index contributed by atoms with van der Waals surface area (Å²) in [6, 6.07) is 5.63. The van der Waals surface area contributed by atoms with Gasteiger partial charge in [0.05, 0.1) is 33.3 Å². The van der Waals surface area contributed by atoms with E-state index in [1.807, 2.05) is 18.2 Å². The summed E-state index contributed by atoms with van der Waals surface area (Å²) in [5, 5.41) is 22.6. The zero-order valence-corrected chi connectivity index (χ0v) is 16.1. The summed E-state index contributed by atoms with van der Waals surface area (Å²) in [7, 11) is 3.21. The molecule has 4 rings (SSSR count). The molecule has 3 N–H and O–H groups in total. The van der Waals surface area contributed by atoms with Gasteiger partial charge in [-0.2, -0.15) is 0 Å². The van der Waals surface area contributed by atoms with E-state index in [2.05, 4.69) is 20.3 Å². The number of nitrogens with one attached hydrogen (secondary N) is 1. The van der Waals surface area contributed by atoms with Crippen LogP contribution in [0.15, 0.2) is 30.9 Å². The molecule has 1 aromatic carbocycles. The van der Waals surface area contributed by atoms with Crippen LogP contribution < -0.4 is 14.8 Å². The van der Waals surface area contributed by atoms with Gasteiger partial charge < -0.3 is 29.7 Å². The molecular formula is C19H23N5O5. The van der Waals surface area contributed by atoms with E-state index in [1.54, 1.807) is 25.1 Å². The number of ether oxygens (including phenoxy) is 3. The van der Waals surface area contributed by atoms with Crippen LogP contribution in [0, 0.1) is 0 Å². The summed E-state index contributed by atoms with van der Waals surface area (Å²) in [6.45, 7) is 0.244. The Morgan fingerprint density at radius 3 is 2.59 bits per heavy atom. The monoisotopic (exact) mass is 401 g/mol. The quantitative estimate of drug-likeness (QED) is 0.534. The normalized spacial score (nSPS) is 21.4. The first-order valence-corrected chi connectivity index (χ1v) is 9.20. The fourth-order valence-electron chi connectivity index (χ4n) is 3.40. The molecule has 3 atom stereocenters. The van der Waals surface area contributed by atoms with Crippen LogP contribution in [0.3, 0.4) is 0 Å². The molecule has 0 spiro atoms. The first-order chi connectivity index (χ1) is 14.1. The fraction of sp³-hybridized carbons (Fsp3) is 0.421. The topological polar surface area (TPSA) is 124 Å². The van der Waals surface area contributed by atoms with Crippen LogP contribution in [0.2, 0.25) is 0 Å². The number of aliphatic hydroxyl groups excluding tert-OH is 2. The Labute approximate surface area is 167 Å². The van der Waals surface area contributed by atoms with Crippen LogP contribution in [-0.4, -0.2) is 62.8 Å². The van der Waals surface area contributed by atoms with Gasteiger partial charge in [0.25, 0.3) is 0 Å². The zero-order chi connectivity index (χ0) is 20.4. The Hall–Kier alpha value is -2.95. The number of aromatic nitrogens is 4. The molecular weight excluding hydrogens is 378 g/mol. The Balaban J connectivity index is 1.56. The lowest BCUT2D eigenvalue weighted by atomic mass is 10.2. The number of rotatable bonds is 7. The average Bonchev–Trinajstić information content (AvgIpc) is 3.35. The number of aliphatic hydroxyl groups is 2. The molecule has 154 valence electrons. The SMILES string of the molecule is COc1cc(CNc2ncnc3c2ncn3C2C[C@H](O)[C@@H](CO)O2)cc(OC)c1. The number of imidazole rings is 1. The van der Waals surface area contributed by atoms with Crippen LogP contribution in [0.5, 0.6) is 11.5 Å². The van der Waals surface area contributed by atoms with Gasteiger partial charge in [-0.1, -0.05) is 0 Å². The zero-order valence-electron chi connectivity index (χ0n) is 16.1. The van der Waals surface area contributed by atoms with Crippen LogP contribution in [0.25, 0.3) is 11.2 Å². The standard InChI is InChI=1S/C19H23N5O5/c1-27-12-3-11(4-13(5-12)28-2)7-20-18-17-19(22-9-21-18)24(10-23-17)16-6-14(26)15(8-25)29-16/h3-5,9-10,14-16,25-26H,6-8H2,1-2H3,(H,20,21,22)/t14-,15+,16?/m0/s1. The molecule has 1 aliphatic rings. The summed E-state index contributed by atoms with van der Waals surface area (Å²) in [5.74, 6) is 1.98. The largest absolute Gasteiger partial charge is 0.497 e. The van der Waals surface area contributed by atoms with E-state index in [4.69, 9.17) is 14.2 Å². The van der Waals surface area contributed by atoms with Crippen molar-refractivity contribution < 1.29 is 24.4 Å². The van der Waals surface area contributed by atoms with Gasteiger partial charge in [0.2, 0.25) is 0 Å². The van der Waals surface area contributed by atoms with Gasteiger partial charge in [0.15, 0.2) is 17.0 Å². The maximum Gasteiger partial charge on any atom is 0.167 e. The first-order valence-electron chi connectivity index (χ1n) is 9.20. The molecule has 1 saturated heterocycles. The molecule has 0 aliphatic carbocycles. The highest BCUT2D eigenvalue weighted by atomic mass is 16.5. The second kappa shape index (κ2) is 8.19. The van der Waals surface area contributed by atoms with E-state index in [9.17, 15) is 10.2 Å². The van der Waals surface area contributed by atoms with Gasteiger partial charge in [-0.3, -0.25) is 4.57 Å². The van der Waals surface area contributed by atoms with Crippen molar-refractivity contribution in [3.63, 3.8) is 0 Å². The summed E-state index contributed by atoms with van der Waals surface area (Å²) in [4.78, 5) is 13.0. The van der Waals surface area contributed by atoms with E-state index in [0.717, 1.165) is 5.56 Å². The predicted molar refractivity (Wildman–Crippen MR) is 104 cm³/mol. The van der Waals surface area contributed by atoms with Crippen molar-refractivity contribution in [1.29, 1.82) is 0 Å². The number of benzene rings is 1. The lowest BCUT2D eigenvalue weighted by molar-refractivity contribution is -0.0432. The van der Waals surface area contributed by atoms with Crippen LogP contribution in [0.4, 0.5) is 5.82 Å². The van der Waals surface area contributed by atoms with Crippen LogP contribution >= 0.6 is 0 Å². The molecule has 0 bridgehead atoms. The molecule has 0 radical (unpaired) electrons. The van der Waals surface area contributed by atoms with E-state index >= 15 is 0 Å². The van der Waals surface area contributed by atoms with Gasteiger partial charge in [0.1, 0.15) is 30.2 Å². The fourth-order valence-corrected chi connectivity index (χ4v) is 3.40. The maximum atomic E-state index is 10.00. The summed E-state index contributed by atoms with van der Waals surface area (Å²) < 4.78 is 18.1. The molecule has 3 heterocycles. The van der Waals surface area contributed by atoms with Gasteiger partial charge in [-0.15, -0.1) is 0 Å². The first kappa shape index (κ1) is 19.4. The summed E-state index contributed by atoms with van der Waals surface area (Å²) >= 11 is 0. The number of hydrogen-bond donors (Lipinski definition) is 3. The third kappa shape index (κ3) is 3.82. The van der Waals surface area contributed by atoms with Gasteiger partial charge in [0, 0.05) is 19.0 Å². The Bertz CT molecular complexity index is 972. The molecule has 0 amide bonds. The molecule has 1 aliphatic heterocycles. The lowest BCUT2D eigenvalue weighted by Gasteiger charge is -2.14. The van der Waals surface area contributed by atoms with Crippen molar-refractivity contribution in [3.05, 3.63) is 36.4 Å². The van der Waals surface area contributed by atoms with Gasteiger partial charge in [-0.25, -0.2) is 15.0 Å². The highest BCUT2D eigenvalue weighted by molar-refractivity contribution is 5.82. The Morgan fingerprint density at radius 1 is 1.17 bits per heavy atom. The molecule has 10 heteroatoms.